The number of carbonyl (C=O) groups is 1. The monoisotopic (exact) mass is 340 g/mol. The minimum absolute atomic E-state index is 0.0431. The van der Waals surface area contributed by atoms with Crippen molar-refractivity contribution in [2.24, 2.45) is 5.92 Å². The van der Waals surface area contributed by atoms with Crippen LogP contribution >= 0.6 is 0 Å². The van der Waals surface area contributed by atoms with E-state index in [4.69, 9.17) is 4.74 Å². The second-order valence-corrected chi connectivity index (χ2v) is 6.93. The molecule has 0 bridgehead atoms. The lowest BCUT2D eigenvalue weighted by atomic mass is 9.97. The van der Waals surface area contributed by atoms with Gasteiger partial charge in [0.25, 0.3) is 0 Å². The van der Waals surface area contributed by atoms with E-state index in [0.29, 0.717) is 18.3 Å². The van der Waals surface area contributed by atoms with Crippen LogP contribution in [0.2, 0.25) is 0 Å². The molecular formula is C21H28N2O2. The second kappa shape index (κ2) is 8.32. The predicted molar refractivity (Wildman–Crippen MR) is 101 cm³/mol. The van der Waals surface area contributed by atoms with Crippen LogP contribution in [0, 0.1) is 5.92 Å². The predicted octanol–water partition coefficient (Wildman–Crippen LogP) is 4.43. The van der Waals surface area contributed by atoms with Gasteiger partial charge in [-0.1, -0.05) is 44.9 Å². The smallest absolute Gasteiger partial charge is 0.225 e. The molecule has 1 saturated heterocycles. The van der Waals surface area contributed by atoms with Crippen LogP contribution in [0.1, 0.15) is 46.0 Å². The van der Waals surface area contributed by atoms with E-state index in [-0.39, 0.29) is 12.0 Å². The molecule has 1 amide bonds. The molecule has 1 aliphatic rings. The van der Waals surface area contributed by atoms with E-state index < -0.39 is 0 Å². The maximum Gasteiger partial charge on any atom is 0.225 e. The molecule has 4 heteroatoms. The number of benzene rings is 1. The summed E-state index contributed by atoms with van der Waals surface area (Å²) in [4.78, 5) is 19.3. The molecule has 0 radical (unpaired) electrons. The zero-order valence-electron chi connectivity index (χ0n) is 15.3. The van der Waals surface area contributed by atoms with Crippen LogP contribution < -0.4 is 4.74 Å². The maximum absolute atomic E-state index is 12.8. The average molecular weight is 340 g/mol. The van der Waals surface area contributed by atoms with Crippen LogP contribution in [0.3, 0.4) is 0 Å². The van der Waals surface area contributed by atoms with Gasteiger partial charge in [0, 0.05) is 30.3 Å². The molecule has 0 N–H and O–H groups in total. The standard InChI is InChI=1S/C21H28N2O2/c1-3-7-17(8-4-2)21(24)23-14-13-18(15-23)25-20-12-11-16-9-5-6-10-19(16)22-20/h5-6,9-12,17-18H,3-4,7-8,13-15H2,1-2H3. The Bertz CT molecular complexity index is 710. The van der Waals surface area contributed by atoms with Crippen LogP contribution in [-0.2, 0) is 4.79 Å². The summed E-state index contributed by atoms with van der Waals surface area (Å²) in [5, 5.41) is 1.11. The molecule has 2 aromatic rings. The number of nitrogens with zero attached hydrogens (tertiary/aromatic N) is 2. The van der Waals surface area contributed by atoms with E-state index in [9.17, 15) is 4.79 Å². The molecule has 3 rings (SSSR count). The quantitative estimate of drug-likeness (QED) is 0.749. The number of rotatable bonds is 7. The summed E-state index contributed by atoms with van der Waals surface area (Å²) in [6, 6.07) is 12.0. The topological polar surface area (TPSA) is 42.4 Å². The number of hydrogen-bond donors (Lipinski definition) is 0. The number of para-hydroxylation sites is 1. The Morgan fingerprint density at radius 3 is 2.72 bits per heavy atom. The number of hydrogen-bond acceptors (Lipinski definition) is 3. The van der Waals surface area contributed by atoms with Crippen LogP contribution in [0.5, 0.6) is 5.88 Å². The molecule has 1 atom stereocenters. The van der Waals surface area contributed by atoms with Gasteiger partial charge in [-0.2, -0.15) is 0 Å². The summed E-state index contributed by atoms with van der Waals surface area (Å²) in [5.41, 5.74) is 0.942. The molecule has 0 saturated carbocycles. The first kappa shape index (κ1) is 17.7. The van der Waals surface area contributed by atoms with Crippen molar-refractivity contribution in [2.45, 2.75) is 52.1 Å². The summed E-state index contributed by atoms with van der Waals surface area (Å²) < 4.78 is 6.06. The van der Waals surface area contributed by atoms with Gasteiger partial charge < -0.3 is 9.64 Å². The molecule has 1 aliphatic heterocycles. The third kappa shape index (κ3) is 4.30. The first-order valence-corrected chi connectivity index (χ1v) is 9.52. The van der Waals surface area contributed by atoms with E-state index in [1.54, 1.807) is 0 Å². The summed E-state index contributed by atoms with van der Waals surface area (Å²) >= 11 is 0. The van der Waals surface area contributed by atoms with Crippen molar-refractivity contribution in [1.29, 1.82) is 0 Å². The van der Waals surface area contributed by atoms with E-state index >= 15 is 0 Å². The van der Waals surface area contributed by atoms with Gasteiger partial charge >= 0.3 is 0 Å². The lowest BCUT2D eigenvalue weighted by Crippen LogP contribution is -2.35. The number of ether oxygens (including phenoxy) is 1. The number of aromatic nitrogens is 1. The van der Waals surface area contributed by atoms with E-state index in [0.717, 1.165) is 49.6 Å². The molecule has 1 unspecified atom stereocenters. The number of amides is 1. The van der Waals surface area contributed by atoms with Crippen molar-refractivity contribution < 1.29 is 9.53 Å². The van der Waals surface area contributed by atoms with Crippen LogP contribution in [0.4, 0.5) is 0 Å². The number of carbonyl (C=O) groups excluding carboxylic acids is 1. The van der Waals surface area contributed by atoms with Crippen LogP contribution in [0.25, 0.3) is 10.9 Å². The Balaban J connectivity index is 1.60. The minimum Gasteiger partial charge on any atom is -0.472 e. The Hall–Kier alpha value is -2.10. The molecule has 0 aliphatic carbocycles. The fraction of sp³-hybridized carbons (Fsp3) is 0.524. The Morgan fingerprint density at radius 2 is 1.96 bits per heavy atom. The summed E-state index contributed by atoms with van der Waals surface area (Å²) in [7, 11) is 0. The Kier molecular flexibility index (Phi) is 5.90. The highest BCUT2D eigenvalue weighted by atomic mass is 16.5. The summed E-state index contributed by atoms with van der Waals surface area (Å²) in [5.74, 6) is 1.13. The van der Waals surface area contributed by atoms with E-state index in [1.165, 1.54) is 0 Å². The van der Waals surface area contributed by atoms with Crippen molar-refractivity contribution in [3.63, 3.8) is 0 Å². The molecule has 1 fully saturated rings. The van der Waals surface area contributed by atoms with Gasteiger partial charge in [-0.3, -0.25) is 4.79 Å². The Morgan fingerprint density at radius 1 is 1.20 bits per heavy atom. The van der Waals surface area contributed by atoms with Crippen LogP contribution in [0.15, 0.2) is 36.4 Å². The molecule has 1 aromatic heterocycles. The molecule has 134 valence electrons. The lowest BCUT2D eigenvalue weighted by molar-refractivity contribution is -0.135. The van der Waals surface area contributed by atoms with Gasteiger partial charge in [0.15, 0.2) is 0 Å². The maximum atomic E-state index is 12.8. The SMILES string of the molecule is CCCC(CCC)C(=O)N1CCC(Oc2ccc3ccccc3n2)C1. The molecule has 1 aromatic carbocycles. The highest BCUT2D eigenvalue weighted by molar-refractivity contribution is 5.79. The van der Waals surface area contributed by atoms with Gasteiger partial charge in [-0.05, 0) is 25.0 Å². The fourth-order valence-corrected chi connectivity index (χ4v) is 3.65. The zero-order chi connectivity index (χ0) is 17.6. The van der Waals surface area contributed by atoms with Gasteiger partial charge in [0.2, 0.25) is 11.8 Å². The third-order valence-electron chi connectivity index (χ3n) is 4.94. The molecule has 2 heterocycles. The van der Waals surface area contributed by atoms with Gasteiger partial charge in [-0.15, -0.1) is 0 Å². The summed E-state index contributed by atoms with van der Waals surface area (Å²) in [6.45, 7) is 5.77. The van der Waals surface area contributed by atoms with E-state index in [2.05, 4.69) is 18.8 Å². The van der Waals surface area contributed by atoms with Crippen molar-refractivity contribution in [3.8, 4) is 5.88 Å². The first-order chi connectivity index (χ1) is 12.2. The zero-order valence-corrected chi connectivity index (χ0v) is 15.3. The number of fused-ring (bicyclic) bond motifs is 1. The van der Waals surface area contributed by atoms with Crippen molar-refractivity contribution in [2.75, 3.05) is 13.1 Å². The van der Waals surface area contributed by atoms with Gasteiger partial charge in [0.1, 0.15) is 6.10 Å². The third-order valence-corrected chi connectivity index (χ3v) is 4.94. The highest BCUT2D eigenvalue weighted by Crippen LogP contribution is 2.23. The van der Waals surface area contributed by atoms with Gasteiger partial charge in [0.05, 0.1) is 12.1 Å². The Labute approximate surface area is 150 Å². The number of pyridine rings is 1. The second-order valence-electron chi connectivity index (χ2n) is 6.93. The number of likely N-dealkylation sites (tertiary alicyclic amines) is 1. The van der Waals surface area contributed by atoms with Crippen molar-refractivity contribution in [1.82, 2.24) is 9.88 Å². The minimum atomic E-state index is 0.0431. The molecule has 0 spiro atoms. The van der Waals surface area contributed by atoms with Gasteiger partial charge in [-0.25, -0.2) is 4.98 Å². The van der Waals surface area contributed by atoms with Crippen molar-refractivity contribution in [3.05, 3.63) is 36.4 Å². The highest BCUT2D eigenvalue weighted by Gasteiger charge is 2.31. The lowest BCUT2D eigenvalue weighted by Gasteiger charge is -2.23. The molecule has 25 heavy (non-hydrogen) atoms. The molecule has 4 nitrogen and oxygen atoms in total. The largest absolute Gasteiger partial charge is 0.472 e. The normalized spacial score (nSPS) is 17.4. The van der Waals surface area contributed by atoms with Crippen LogP contribution in [-0.4, -0.2) is 35.0 Å². The molecular weight excluding hydrogens is 312 g/mol. The first-order valence-electron chi connectivity index (χ1n) is 9.52. The summed E-state index contributed by atoms with van der Waals surface area (Å²) in [6.07, 6.45) is 5.02. The average Bonchev–Trinajstić information content (AvgIpc) is 3.09. The fourth-order valence-electron chi connectivity index (χ4n) is 3.65. The van der Waals surface area contributed by atoms with E-state index in [1.807, 2.05) is 41.3 Å². The van der Waals surface area contributed by atoms with Crippen molar-refractivity contribution >= 4 is 16.8 Å².